The van der Waals surface area contributed by atoms with Gasteiger partial charge in [-0.1, -0.05) is 19.9 Å². The van der Waals surface area contributed by atoms with Gasteiger partial charge in [0, 0.05) is 10.1 Å². The average molecular weight is 186 g/mol. The smallest absolute Gasteiger partial charge is 0.0365 e. The minimum absolute atomic E-state index is 0.662. The van der Waals surface area contributed by atoms with Crippen LogP contribution in [0.25, 0.3) is 0 Å². The minimum atomic E-state index is 0.662. The second-order valence-electron chi connectivity index (χ2n) is 2.84. The van der Waals surface area contributed by atoms with Gasteiger partial charge in [-0.15, -0.1) is 11.3 Å². The first-order valence-electron chi connectivity index (χ1n) is 3.89. The maximum Gasteiger partial charge on any atom is 0.0365 e. The molecule has 1 heterocycles. The van der Waals surface area contributed by atoms with Gasteiger partial charge < -0.3 is 0 Å². The monoisotopic (exact) mass is 186 g/mol. The summed E-state index contributed by atoms with van der Waals surface area (Å²) in [6.45, 7) is 6.76. The molecule has 0 N–H and O–H groups in total. The SMILES string of the molecule is CC(C)SC(C)c1cccs1. The molecule has 0 radical (unpaired) electrons. The van der Waals surface area contributed by atoms with Crippen molar-refractivity contribution >= 4 is 23.1 Å². The van der Waals surface area contributed by atoms with Crippen LogP contribution in [0, 0.1) is 0 Å². The van der Waals surface area contributed by atoms with E-state index in [1.807, 2.05) is 23.1 Å². The molecule has 1 atom stereocenters. The molecule has 0 aliphatic carbocycles. The predicted molar refractivity (Wildman–Crippen MR) is 55.5 cm³/mol. The molecule has 2 heteroatoms. The van der Waals surface area contributed by atoms with Gasteiger partial charge in [-0.25, -0.2) is 0 Å². The first kappa shape index (κ1) is 9.14. The van der Waals surface area contributed by atoms with Crippen LogP contribution in [-0.2, 0) is 0 Å². The van der Waals surface area contributed by atoms with E-state index >= 15 is 0 Å². The van der Waals surface area contributed by atoms with Crippen LogP contribution in [0.2, 0.25) is 0 Å². The number of hydrogen-bond acceptors (Lipinski definition) is 2. The van der Waals surface area contributed by atoms with E-state index in [1.165, 1.54) is 4.88 Å². The summed E-state index contributed by atoms with van der Waals surface area (Å²) in [7, 11) is 0. The molecular weight excluding hydrogens is 172 g/mol. The van der Waals surface area contributed by atoms with Crippen LogP contribution in [0.5, 0.6) is 0 Å². The van der Waals surface area contributed by atoms with Crippen LogP contribution in [-0.4, -0.2) is 5.25 Å². The lowest BCUT2D eigenvalue weighted by Gasteiger charge is -2.11. The number of thiophene rings is 1. The normalized spacial score (nSPS) is 13.8. The van der Waals surface area contributed by atoms with Crippen molar-refractivity contribution in [1.29, 1.82) is 0 Å². The lowest BCUT2D eigenvalue weighted by atomic mass is 10.4. The summed E-state index contributed by atoms with van der Waals surface area (Å²) < 4.78 is 0. The topological polar surface area (TPSA) is 0 Å². The van der Waals surface area contributed by atoms with Crippen LogP contribution in [0.3, 0.4) is 0 Å². The van der Waals surface area contributed by atoms with Gasteiger partial charge in [0.25, 0.3) is 0 Å². The van der Waals surface area contributed by atoms with Crippen molar-refractivity contribution in [2.45, 2.75) is 31.3 Å². The van der Waals surface area contributed by atoms with Crippen LogP contribution in [0.15, 0.2) is 17.5 Å². The fourth-order valence-electron chi connectivity index (χ4n) is 0.998. The quantitative estimate of drug-likeness (QED) is 0.688. The van der Waals surface area contributed by atoms with E-state index in [2.05, 4.69) is 38.3 Å². The highest BCUT2D eigenvalue weighted by atomic mass is 32.2. The van der Waals surface area contributed by atoms with E-state index < -0.39 is 0 Å². The maximum absolute atomic E-state index is 2.27. The molecule has 11 heavy (non-hydrogen) atoms. The zero-order valence-corrected chi connectivity index (χ0v) is 8.84. The second-order valence-corrected chi connectivity index (χ2v) is 5.74. The molecule has 0 aliphatic heterocycles. The summed E-state index contributed by atoms with van der Waals surface area (Å²) in [4.78, 5) is 1.49. The Hall–Kier alpha value is 0.0500. The molecule has 1 aromatic rings. The van der Waals surface area contributed by atoms with E-state index in [4.69, 9.17) is 0 Å². The van der Waals surface area contributed by atoms with Gasteiger partial charge >= 0.3 is 0 Å². The van der Waals surface area contributed by atoms with Gasteiger partial charge in [0.2, 0.25) is 0 Å². The van der Waals surface area contributed by atoms with Crippen molar-refractivity contribution in [3.8, 4) is 0 Å². The van der Waals surface area contributed by atoms with Crippen molar-refractivity contribution in [2.75, 3.05) is 0 Å². The van der Waals surface area contributed by atoms with E-state index in [9.17, 15) is 0 Å². The van der Waals surface area contributed by atoms with E-state index in [-0.39, 0.29) is 0 Å². The Balaban J connectivity index is 2.49. The van der Waals surface area contributed by atoms with Crippen LogP contribution >= 0.6 is 23.1 Å². The third kappa shape index (κ3) is 2.88. The number of thioether (sulfide) groups is 1. The highest BCUT2D eigenvalue weighted by Crippen LogP contribution is 2.33. The molecule has 1 unspecified atom stereocenters. The lowest BCUT2D eigenvalue weighted by molar-refractivity contribution is 1.06. The first-order chi connectivity index (χ1) is 5.20. The fraction of sp³-hybridized carbons (Fsp3) is 0.556. The van der Waals surface area contributed by atoms with Gasteiger partial charge in [-0.2, -0.15) is 11.8 Å². The molecule has 0 nitrogen and oxygen atoms in total. The van der Waals surface area contributed by atoms with E-state index in [0.717, 1.165) is 5.25 Å². The summed E-state index contributed by atoms with van der Waals surface area (Å²) >= 11 is 3.87. The Labute approximate surface area is 77.0 Å². The molecule has 1 aromatic heterocycles. The summed E-state index contributed by atoms with van der Waals surface area (Å²) in [6, 6.07) is 4.34. The molecule has 0 aliphatic rings. The first-order valence-corrected chi connectivity index (χ1v) is 5.71. The minimum Gasteiger partial charge on any atom is -0.150 e. The van der Waals surface area contributed by atoms with Crippen LogP contribution in [0.1, 0.15) is 30.9 Å². The summed E-state index contributed by atoms with van der Waals surface area (Å²) in [5.74, 6) is 0. The zero-order chi connectivity index (χ0) is 8.27. The van der Waals surface area contributed by atoms with Crippen molar-refractivity contribution < 1.29 is 0 Å². The molecule has 0 amide bonds. The molecule has 0 saturated heterocycles. The van der Waals surface area contributed by atoms with Crippen LogP contribution < -0.4 is 0 Å². The average Bonchev–Trinajstić information content (AvgIpc) is 2.35. The molecule has 0 spiro atoms. The largest absolute Gasteiger partial charge is 0.150 e. The van der Waals surface area contributed by atoms with Gasteiger partial charge in [0.05, 0.1) is 0 Å². The fourth-order valence-corrected chi connectivity index (χ4v) is 3.02. The van der Waals surface area contributed by atoms with Crippen molar-refractivity contribution in [1.82, 2.24) is 0 Å². The molecule has 0 fully saturated rings. The Bertz CT molecular complexity index is 189. The van der Waals surface area contributed by atoms with Gasteiger partial charge in [-0.3, -0.25) is 0 Å². The van der Waals surface area contributed by atoms with Crippen molar-refractivity contribution in [2.24, 2.45) is 0 Å². The highest BCUT2D eigenvalue weighted by molar-refractivity contribution is 8.00. The van der Waals surface area contributed by atoms with Crippen molar-refractivity contribution in [3.05, 3.63) is 22.4 Å². The standard InChI is InChI=1S/C9H14S2/c1-7(2)11-8(3)9-5-4-6-10-9/h4-8H,1-3H3. The predicted octanol–water partition coefficient (Wildman–Crippen LogP) is 3.95. The van der Waals surface area contributed by atoms with Crippen molar-refractivity contribution in [3.63, 3.8) is 0 Å². The molecule has 1 rings (SSSR count). The summed E-state index contributed by atoms with van der Waals surface area (Å²) in [5.41, 5.74) is 0. The number of rotatable bonds is 3. The van der Waals surface area contributed by atoms with Crippen LogP contribution in [0.4, 0.5) is 0 Å². The molecule has 0 saturated carbocycles. The number of hydrogen-bond donors (Lipinski definition) is 0. The maximum atomic E-state index is 2.27. The van der Waals surface area contributed by atoms with Gasteiger partial charge in [0.15, 0.2) is 0 Å². The van der Waals surface area contributed by atoms with E-state index in [0.29, 0.717) is 5.25 Å². The second kappa shape index (κ2) is 4.17. The molecule has 62 valence electrons. The Kier molecular flexibility index (Phi) is 3.46. The summed E-state index contributed by atoms with van der Waals surface area (Å²) in [5, 5.41) is 3.54. The molecular formula is C9H14S2. The third-order valence-corrected chi connectivity index (χ3v) is 3.83. The zero-order valence-electron chi connectivity index (χ0n) is 7.20. The molecule has 0 aromatic carbocycles. The lowest BCUT2D eigenvalue weighted by Crippen LogP contribution is -1.91. The Morgan fingerprint density at radius 1 is 1.36 bits per heavy atom. The van der Waals surface area contributed by atoms with Gasteiger partial charge in [-0.05, 0) is 23.6 Å². The third-order valence-electron chi connectivity index (χ3n) is 1.42. The Morgan fingerprint density at radius 2 is 2.09 bits per heavy atom. The molecule has 0 bridgehead atoms. The Morgan fingerprint density at radius 3 is 2.55 bits per heavy atom. The highest BCUT2D eigenvalue weighted by Gasteiger charge is 2.07. The van der Waals surface area contributed by atoms with Gasteiger partial charge in [0.1, 0.15) is 0 Å². The van der Waals surface area contributed by atoms with E-state index in [1.54, 1.807) is 0 Å². The summed E-state index contributed by atoms with van der Waals surface area (Å²) in [6.07, 6.45) is 0.